The maximum atomic E-state index is 13.2. The topological polar surface area (TPSA) is 15.3 Å². The number of halogens is 6. The van der Waals surface area contributed by atoms with Gasteiger partial charge in [-0.15, -0.1) is 12.4 Å². The Morgan fingerprint density at radius 3 is 2.41 bits per heavy atom. The van der Waals surface area contributed by atoms with E-state index in [1.807, 2.05) is 4.90 Å². The van der Waals surface area contributed by atoms with Crippen molar-refractivity contribution in [2.24, 2.45) is 0 Å². The molecule has 1 heterocycles. The molecule has 2 nitrogen and oxygen atoms in total. The van der Waals surface area contributed by atoms with Crippen molar-refractivity contribution in [1.29, 1.82) is 0 Å². The third-order valence-electron chi connectivity index (χ3n) is 3.67. The first-order valence-corrected chi connectivity index (χ1v) is 7.19. The molecule has 0 spiro atoms. The van der Waals surface area contributed by atoms with Crippen molar-refractivity contribution in [3.8, 4) is 0 Å². The van der Waals surface area contributed by atoms with Gasteiger partial charge in [-0.2, -0.15) is 13.2 Å². The number of benzene rings is 1. The van der Waals surface area contributed by atoms with Crippen molar-refractivity contribution in [1.82, 2.24) is 10.2 Å². The van der Waals surface area contributed by atoms with E-state index in [4.69, 9.17) is 11.6 Å². The molecule has 0 amide bonds. The molecule has 1 atom stereocenters. The highest BCUT2D eigenvalue weighted by Crippen LogP contribution is 2.41. The van der Waals surface area contributed by atoms with Gasteiger partial charge in [0.15, 0.2) is 0 Å². The lowest BCUT2D eigenvalue weighted by molar-refractivity contribution is -0.138. The van der Waals surface area contributed by atoms with E-state index < -0.39 is 24.5 Å². The Bertz CT molecular complexity index is 476. The van der Waals surface area contributed by atoms with Crippen molar-refractivity contribution in [2.75, 3.05) is 32.9 Å². The summed E-state index contributed by atoms with van der Waals surface area (Å²) in [6.45, 7) is 1.82. The van der Waals surface area contributed by atoms with Crippen LogP contribution in [0.5, 0.6) is 0 Å². The zero-order valence-corrected chi connectivity index (χ0v) is 13.4. The fourth-order valence-electron chi connectivity index (χ4n) is 2.73. The number of nitrogens with one attached hydrogen (secondary N) is 1. The van der Waals surface area contributed by atoms with E-state index in [1.54, 1.807) is 0 Å². The first kappa shape index (κ1) is 19.5. The highest BCUT2D eigenvalue weighted by molar-refractivity contribution is 6.31. The normalized spacial score (nSPS) is 17.9. The number of rotatable bonds is 4. The fourth-order valence-corrected chi connectivity index (χ4v) is 3.03. The van der Waals surface area contributed by atoms with Crippen LogP contribution in [0.2, 0.25) is 5.02 Å². The zero-order valence-electron chi connectivity index (χ0n) is 11.8. The Labute approximate surface area is 138 Å². The van der Waals surface area contributed by atoms with Gasteiger partial charge in [0.2, 0.25) is 0 Å². The van der Waals surface area contributed by atoms with Crippen molar-refractivity contribution < 1.29 is 17.6 Å². The predicted octanol–water partition coefficient (Wildman–Crippen LogP) is 4.09. The van der Waals surface area contributed by atoms with Crippen molar-refractivity contribution in [3.63, 3.8) is 0 Å². The fraction of sp³-hybridized carbons (Fsp3) is 0.571. The average Bonchev–Trinajstić information content (AvgIpc) is 2.45. The molecule has 1 N–H and O–H groups in total. The van der Waals surface area contributed by atoms with Gasteiger partial charge in [-0.1, -0.05) is 17.7 Å². The Morgan fingerprint density at radius 2 is 1.86 bits per heavy atom. The smallest absolute Gasteiger partial charge is 0.314 e. The molecule has 1 aromatic carbocycles. The van der Waals surface area contributed by atoms with Crippen LogP contribution in [0, 0.1) is 0 Å². The maximum absolute atomic E-state index is 13.2. The quantitative estimate of drug-likeness (QED) is 0.813. The van der Waals surface area contributed by atoms with Gasteiger partial charge in [-0.3, -0.25) is 9.29 Å². The molecule has 1 saturated heterocycles. The minimum absolute atomic E-state index is 0. The van der Waals surface area contributed by atoms with Gasteiger partial charge in [0, 0.05) is 42.8 Å². The second-order valence-electron chi connectivity index (χ2n) is 4.98. The molecule has 0 radical (unpaired) electrons. The number of nitrogens with zero attached hydrogens (tertiary/aromatic N) is 1. The second kappa shape index (κ2) is 8.34. The molecule has 0 bridgehead atoms. The summed E-state index contributed by atoms with van der Waals surface area (Å²) < 4.78 is 52.5. The summed E-state index contributed by atoms with van der Waals surface area (Å²) in [5.41, 5.74) is -0.779. The van der Waals surface area contributed by atoms with E-state index in [0.717, 1.165) is 6.07 Å². The van der Waals surface area contributed by atoms with Crippen LogP contribution in [0.1, 0.15) is 23.6 Å². The molecule has 1 fully saturated rings. The molecule has 0 saturated carbocycles. The molecule has 0 unspecified atom stereocenters. The second-order valence-corrected chi connectivity index (χ2v) is 5.39. The van der Waals surface area contributed by atoms with E-state index in [9.17, 15) is 17.6 Å². The number of hydrogen-bond donors (Lipinski definition) is 1. The lowest BCUT2D eigenvalue weighted by Crippen LogP contribution is -2.45. The lowest BCUT2D eigenvalue weighted by Gasteiger charge is -2.36. The number of hydrogen-bond acceptors (Lipinski definition) is 2. The predicted molar refractivity (Wildman–Crippen MR) is 81.5 cm³/mol. The van der Waals surface area contributed by atoms with Gasteiger partial charge in [0.1, 0.15) is 0 Å². The summed E-state index contributed by atoms with van der Waals surface area (Å²) in [6, 6.07) is 3.06. The lowest BCUT2D eigenvalue weighted by atomic mass is 9.95. The molecular formula is C14H18Cl2F4N2. The Hall–Kier alpha value is -0.560. The van der Waals surface area contributed by atoms with Crippen LogP contribution in [0.25, 0.3) is 0 Å². The molecule has 126 valence electrons. The van der Waals surface area contributed by atoms with E-state index in [-0.39, 0.29) is 29.4 Å². The third-order valence-corrected chi connectivity index (χ3v) is 4.00. The van der Waals surface area contributed by atoms with Crippen molar-refractivity contribution in [3.05, 3.63) is 34.3 Å². The van der Waals surface area contributed by atoms with Gasteiger partial charge in [0.25, 0.3) is 0 Å². The number of piperazine rings is 1. The SMILES string of the molecule is Cl.FCC[C@@H](c1c(Cl)cccc1C(F)(F)F)N1CCNCC1. The number of alkyl halides is 4. The standard InChI is InChI=1S/C14H17ClF4N2.ClH/c15-11-3-1-2-10(14(17,18)19)13(11)12(4-5-16)21-8-6-20-7-9-21;/h1-3,12,20H,4-9H2;1H/t12-;/m0./s1. The summed E-state index contributed by atoms with van der Waals surface area (Å²) in [5, 5.41) is 3.18. The first-order valence-electron chi connectivity index (χ1n) is 6.81. The van der Waals surface area contributed by atoms with E-state index >= 15 is 0 Å². The van der Waals surface area contributed by atoms with E-state index in [1.165, 1.54) is 12.1 Å². The monoisotopic (exact) mass is 360 g/mol. The van der Waals surface area contributed by atoms with E-state index in [0.29, 0.717) is 26.2 Å². The molecule has 2 rings (SSSR count). The Morgan fingerprint density at radius 1 is 1.23 bits per heavy atom. The summed E-state index contributed by atoms with van der Waals surface area (Å²) in [5.74, 6) is 0. The van der Waals surface area contributed by atoms with Gasteiger partial charge < -0.3 is 5.32 Å². The highest BCUT2D eigenvalue weighted by atomic mass is 35.5. The van der Waals surface area contributed by atoms with Crippen LogP contribution in [-0.4, -0.2) is 37.8 Å². The highest BCUT2D eigenvalue weighted by Gasteiger charge is 2.37. The van der Waals surface area contributed by atoms with Crippen LogP contribution in [-0.2, 0) is 6.18 Å². The molecule has 1 aromatic rings. The Balaban J connectivity index is 0.00000242. The third kappa shape index (κ3) is 4.47. The molecule has 1 aliphatic heterocycles. The molecule has 22 heavy (non-hydrogen) atoms. The largest absolute Gasteiger partial charge is 0.416 e. The molecule has 0 aliphatic carbocycles. The maximum Gasteiger partial charge on any atom is 0.416 e. The van der Waals surface area contributed by atoms with Gasteiger partial charge in [-0.05, 0) is 18.6 Å². The van der Waals surface area contributed by atoms with Gasteiger partial charge >= 0.3 is 6.18 Å². The zero-order chi connectivity index (χ0) is 15.5. The van der Waals surface area contributed by atoms with Crippen LogP contribution in [0.4, 0.5) is 17.6 Å². The average molecular weight is 361 g/mol. The first-order chi connectivity index (χ1) is 9.95. The van der Waals surface area contributed by atoms with Crippen LogP contribution in [0.3, 0.4) is 0 Å². The van der Waals surface area contributed by atoms with Crippen LogP contribution < -0.4 is 5.32 Å². The Kier molecular flexibility index (Phi) is 7.38. The summed E-state index contributed by atoms with van der Waals surface area (Å²) in [4.78, 5) is 1.87. The molecule has 1 aliphatic rings. The van der Waals surface area contributed by atoms with Crippen molar-refractivity contribution >= 4 is 24.0 Å². The van der Waals surface area contributed by atoms with Gasteiger partial charge in [-0.25, -0.2) is 0 Å². The van der Waals surface area contributed by atoms with Crippen molar-refractivity contribution in [2.45, 2.75) is 18.6 Å². The minimum Gasteiger partial charge on any atom is -0.314 e. The van der Waals surface area contributed by atoms with Crippen LogP contribution in [0.15, 0.2) is 18.2 Å². The summed E-state index contributed by atoms with van der Waals surface area (Å²) in [6.07, 6.45) is -4.49. The van der Waals surface area contributed by atoms with Crippen LogP contribution >= 0.6 is 24.0 Å². The molecule has 0 aromatic heterocycles. The van der Waals surface area contributed by atoms with Gasteiger partial charge in [0.05, 0.1) is 12.2 Å². The van der Waals surface area contributed by atoms with E-state index in [2.05, 4.69) is 5.32 Å². The minimum atomic E-state index is -4.50. The summed E-state index contributed by atoms with van der Waals surface area (Å²) >= 11 is 6.02. The summed E-state index contributed by atoms with van der Waals surface area (Å²) in [7, 11) is 0. The molecule has 8 heteroatoms. The molecular weight excluding hydrogens is 343 g/mol.